The second-order valence-electron chi connectivity index (χ2n) is 6.55. The minimum absolute atomic E-state index is 0.262. The third-order valence-electron chi connectivity index (χ3n) is 4.67. The normalized spacial score (nSPS) is 14.2. The third-order valence-corrected chi connectivity index (χ3v) is 5.97. The molecule has 28 heavy (non-hydrogen) atoms. The van der Waals surface area contributed by atoms with Crippen molar-refractivity contribution in [2.75, 3.05) is 10.2 Å². The van der Waals surface area contributed by atoms with Gasteiger partial charge in [-0.25, -0.2) is 4.90 Å². The molecule has 6 heteroatoms. The van der Waals surface area contributed by atoms with E-state index in [9.17, 15) is 9.59 Å². The molecular formula is C22H17ClN2O2S. The predicted molar refractivity (Wildman–Crippen MR) is 115 cm³/mol. The first-order chi connectivity index (χ1) is 13.5. The Morgan fingerprint density at radius 3 is 2.36 bits per heavy atom. The number of thiophene rings is 1. The van der Waals surface area contributed by atoms with E-state index in [0.29, 0.717) is 22.0 Å². The maximum absolute atomic E-state index is 13.3. The number of aryl methyl sites for hydroxylation is 1. The van der Waals surface area contributed by atoms with Crippen LogP contribution in [0.5, 0.6) is 0 Å². The van der Waals surface area contributed by atoms with Crippen molar-refractivity contribution in [3.8, 4) is 0 Å². The van der Waals surface area contributed by atoms with Crippen molar-refractivity contribution in [2.24, 2.45) is 0 Å². The van der Waals surface area contributed by atoms with E-state index in [0.717, 1.165) is 16.0 Å². The van der Waals surface area contributed by atoms with E-state index in [1.165, 1.54) is 16.2 Å². The van der Waals surface area contributed by atoms with Gasteiger partial charge in [-0.05, 0) is 55.1 Å². The zero-order valence-corrected chi connectivity index (χ0v) is 16.9. The van der Waals surface area contributed by atoms with Crippen molar-refractivity contribution in [2.45, 2.75) is 13.8 Å². The molecular weight excluding hydrogens is 392 g/mol. The van der Waals surface area contributed by atoms with Crippen molar-refractivity contribution >= 4 is 51.7 Å². The largest absolute Gasteiger partial charge is 0.350 e. The van der Waals surface area contributed by atoms with Crippen LogP contribution in [0, 0.1) is 13.8 Å². The number of benzene rings is 2. The van der Waals surface area contributed by atoms with Crippen LogP contribution in [0.3, 0.4) is 0 Å². The molecule has 0 saturated carbocycles. The molecule has 0 atom stereocenters. The Morgan fingerprint density at radius 2 is 1.68 bits per heavy atom. The van der Waals surface area contributed by atoms with Crippen molar-refractivity contribution in [1.29, 1.82) is 0 Å². The molecule has 0 fully saturated rings. The van der Waals surface area contributed by atoms with E-state index >= 15 is 0 Å². The van der Waals surface area contributed by atoms with Crippen molar-refractivity contribution in [3.05, 3.63) is 86.7 Å². The van der Waals surface area contributed by atoms with E-state index in [4.69, 9.17) is 11.6 Å². The quantitative estimate of drug-likeness (QED) is 0.587. The SMILES string of the molecule is Cc1ccc(N2C(=O)C(Nc3cccc(Cl)c3C)=C(c3cccs3)C2=O)cc1. The number of carbonyl (C=O) groups excluding carboxylic acids is 2. The van der Waals surface area contributed by atoms with Gasteiger partial charge in [0.15, 0.2) is 0 Å². The molecule has 0 bridgehead atoms. The lowest BCUT2D eigenvalue weighted by Gasteiger charge is -2.16. The summed E-state index contributed by atoms with van der Waals surface area (Å²) in [5.41, 5.74) is 3.76. The summed E-state index contributed by atoms with van der Waals surface area (Å²) in [5, 5.41) is 5.65. The maximum Gasteiger partial charge on any atom is 0.282 e. The van der Waals surface area contributed by atoms with Crippen molar-refractivity contribution in [3.63, 3.8) is 0 Å². The minimum Gasteiger partial charge on any atom is -0.350 e. The summed E-state index contributed by atoms with van der Waals surface area (Å²) >= 11 is 7.65. The van der Waals surface area contributed by atoms with Crippen LogP contribution in [0.1, 0.15) is 16.0 Å². The predicted octanol–water partition coefficient (Wildman–Crippen LogP) is 5.41. The molecule has 1 aliphatic heterocycles. The second-order valence-corrected chi connectivity index (χ2v) is 7.90. The lowest BCUT2D eigenvalue weighted by Crippen LogP contribution is -2.32. The number of halogens is 1. The van der Waals surface area contributed by atoms with Crippen LogP contribution in [0.25, 0.3) is 5.57 Å². The molecule has 1 N–H and O–H groups in total. The minimum atomic E-state index is -0.378. The maximum atomic E-state index is 13.3. The summed E-state index contributed by atoms with van der Waals surface area (Å²) in [4.78, 5) is 28.5. The highest BCUT2D eigenvalue weighted by atomic mass is 35.5. The zero-order valence-electron chi connectivity index (χ0n) is 15.3. The molecule has 1 aliphatic rings. The Labute approximate surface area is 172 Å². The highest BCUT2D eigenvalue weighted by molar-refractivity contribution is 7.11. The highest BCUT2D eigenvalue weighted by Crippen LogP contribution is 2.36. The fourth-order valence-corrected chi connectivity index (χ4v) is 4.04. The Kier molecular flexibility index (Phi) is 4.79. The van der Waals surface area contributed by atoms with Crippen molar-refractivity contribution in [1.82, 2.24) is 0 Å². The van der Waals surface area contributed by atoms with Crippen LogP contribution in [-0.2, 0) is 9.59 Å². The lowest BCUT2D eigenvalue weighted by atomic mass is 10.1. The zero-order chi connectivity index (χ0) is 19.8. The van der Waals surface area contributed by atoms with Gasteiger partial charge in [0.25, 0.3) is 11.8 Å². The Morgan fingerprint density at radius 1 is 0.929 bits per heavy atom. The summed E-state index contributed by atoms with van der Waals surface area (Å²) in [7, 11) is 0. The number of anilines is 2. The number of hydrogen-bond donors (Lipinski definition) is 1. The molecule has 0 saturated heterocycles. The summed E-state index contributed by atoms with van der Waals surface area (Å²) in [6.07, 6.45) is 0. The lowest BCUT2D eigenvalue weighted by molar-refractivity contribution is -0.120. The van der Waals surface area contributed by atoms with Gasteiger partial charge in [0.05, 0.1) is 11.3 Å². The smallest absolute Gasteiger partial charge is 0.282 e. The number of nitrogens with zero attached hydrogens (tertiary/aromatic N) is 1. The summed E-state index contributed by atoms with van der Waals surface area (Å²) in [5.74, 6) is -0.713. The molecule has 2 heterocycles. The standard InChI is InChI=1S/C22H17ClN2O2S/c1-13-8-10-15(11-9-13)25-21(26)19(18-7-4-12-28-18)20(22(25)27)24-17-6-3-5-16(23)14(17)2/h3-12,24H,1-2H3. The van der Waals surface area contributed by atoms with Crippen LogP contribution in [0.4, 0.5) is 11.4 Å². The van der Waals surface area contributed by atoms with Crippen molar-refractivity contribution < 1.29 is 9.59 Å². The molecule has 3 aromatic rings. The molecule has 4 rings (SSSR count). The monoisotopic (exact) mass is 408 g/mol. The second kappa shape index (κ2) is 7.26. The van der Waals surface area contributed by atoms with Gasteiger partial charge in [-0.15, -0.1) is 11.3 Å². The van der Waals surface area contributed by atoms with Gasteiger partial charge in [-0.2, -0.15) is 0 Å². The first-order valence-electron chi connectivity index (χ1n) is 8.73. The van der Waals surface area contributed by atoms with Gasteiger partial charge in [0.2, 0.25) is 0 Å². The molecule has 0 radical (unpaired) electrons. The molecule has 0 spiro atoms. The van der Waals surface area contributed by atoms with Crippen LogP contribution in [-0.4, -0.2) is 11.8 Å². The first kappa shape index (κ1) is 18.5. The number of rotatable bonds is 4. The molecule has 4 nitrogen and oxygen atoms in total. The number of amides is 2. The fourth-order valence-electron chi connectivity index (χ4n) is 3.10. The van der Waals surface area contributed by atoms with Gasteiger partial charge in [-0.3, -0.25) is 9.59 Å². The summed E-state index contributed by atoms with van der Waals surface area (Å²) < 4.78 is 0. The average molecular weight is 409 g/mol. The fraction of sp³-hybridized carbons (Fsp3) is 0.0909. The van der Waals surface area contributed by atoms with E-state index < -0.39 is 0 Å². The van der Waals surface area contributed by atoms with E-state index in [2.05, 4.69) is 5.32 Å². The van der Waals surface area contributed by atoms with E-state index in [1.807, 2.05) is 55.6 Å². The molecule has 0 unspecified atom stereocenters. The van der Waals surface area contributed by atoms with Crippen LogP contribution >= 0.6 is 22.9 Å². The Balaban J connectivity index is 1.82. The third kappa shape index (κ3) is 3.13. The van der Waals surface area contributed by atoms with Gasteiger partial charge < -0.3 is 5.32 Å². The summed E-state index contributed by atoms with van der Waals surface area (Å²) in [6, 6.07) is 16.5. The number of hydrogen-bond acceptors (Lipinski definition) is 4. The topological polar surface area (TPSA) is 49.4 Å². The van der Waals surface area contributed by atoms with Gasteiger partial charge in [0.1, 0.15) is 5.70 Å². The highest BCUT2D eigenvalue weighted by Gasteiger charge is 2.40. The number of carbonyl (C=O) groups is 2. The summed E-state index contributed by atoms with van der Waals surface area (Å²) in [6.45, 7) is 3.83. The van der Waals surface area contributed by atoms with Crippen LogP contribution in [0.2, 0.25) is 5.02 Å². The van der Waals surface area contributed by atoms with Crippen LogP contribution < -0.4 is 10.2 Å². The average Bonchev–Trinajstić information content (AvgIpc) is 3.27. The van der Waals surface area contributed by atoms with E-state index in [1.54, 1.807) is 18.2 Å². The van der Waals surface area contributed by atoms with Gasteiger partial charge in [-0.1, -0.05) is 41.4 Å². The molecule has 0 aliphatic carbocycles. The first-order valence-corrected chi connectivity index (χ1v) is 9.99. The number of imide groups is 1. The molecule has 2 amide bonds. The number of nitrogens with one attached hydrogen (secondary N) is 1. The van der Waals surface area contributed by atoms with Gasteiger partial charge >= 0.3 is 0 Å². The molecule has 1 aromatic heterocycles. The molecule has 140 valence electrons. The molecule has 2 aromatic carbocycles. The Bertz CT molecular complexity index is 1100. The van der Waals surface area contributed by atoms with Gasteiger partial charge in [0, 0.05) is 15.6 Å². The van der Waals surface area contributed by atoms with Crippen LogP contribution in [0.15, 0.2) is 65.7 Å². The Hall–Kier alpha value is -2.89. The van der Waals surface area contributed by atoms with E-state index in [-0.39, 0.29) is 17.5 Å².